The predicted octanol–water partition coefficient (Wildman–Crippen LogP) is 1.09. The molecule has 6 nitrogen and oxygen atoms in total. The van der Waals surface area contributed by atoms with Crippen LogP contribution in [0.15, 0.2) is 4.79 Å². The lowest BCUT2D eigenvalue weighted by Crippen LogP contribution is -2.49. The molecule has 0 saturated carbocycles. The molecule has 20 heavy (non-hydrogen) atoms. The number of amides is 1. The van der Waals surface area contributed by atoms with E-state index in [1.807, 2.05) is 20.8 Å². The lowest BCUT2D eigenvalue weighted by Gasteiger charge is -2.27. The molecule has 0 bridgehead atoms. The number of nitrogens with zero attached hydrogens (tertiary/aromatic N) is 1. The summed E-state index contributed by atoms with van der Waals surface area (Å²) in [6, 6.07) is 0. The Morgan fingerprint density at radius 3 is 2.50 bits per heavy atom. The van der Waals surface area contributed by atoms with Crippen molar-refractivity contribution < 1.29 is 9.90 Å². The molecule has 0 radical (unpaired) electrons. The molecule has 0 aliphatic heterocycles. The van der Waals surface area contributed by atoms with Crippen molar-refractivity contribution >= 4 is 5.91 Å². The van der Waals surface area contributed by atoms with Crippen LogP contribution in [-0.4, -0.2) is 33.1 Å². The second-order valence-electron chi connectivity index (χ2n) is 5.59. The van der Waals surface area contributed by atoms with Gasteiger partial charge in [0.2, 0.25) is 0 Å². The number of carbonyl (C=O) groups is 1. The van der Waals surface area contributed by atoms with Crippen molar-refractivity contribution in [3.8, 4) is 0 Å². The van der Waals surface area contributed by atoms with Crippen molar-refractivity contribution in [1.82, 2.24) is 15.3 Å². The molecule has 0 aromatic carbocycles. The molecule has 6 heteroatoms. The lowest BCUT2D eigenvalue weighted by atomic mass is 9.99. The average Bonchev–Trinajstić information content (AvgIpc) is 2.37. The molecule has 3 N–H and O–H groups in total. The van der Waals surface area contributed by atoms with Crippen LogP contribution < -0.4 is 10.9 Å². The Morgan fingerprint density at radius 1 is 1.50 bits per heavy atom. The monoisotopic (exact) mass is 281 g/mol. The first-order chi connectivity index (χ1) is 9.24. The van der Waals surface area contributed by atoms with Crippen molar-refractivity contribution in [3.05, 3.63) is 27.4 Å². The van der Waals surface area contributed by atoms with Gasteiger partial charge in [-0.1, -0.05) is 20.8 Å². The van der Waals surface area contributed by atoms with Gasteiger partial charge in [0, 0.05) is 5.92 Å². The van der Waals surface area contributed by atoms with Crippen molar-refractivity contribution in [3.63, 3.8) is 0 Å². The molecule has 1 rings (SSSR count). The fourth-order valence-corrected chi connectivity index (χ4v) is 1.72. The third kappa shape index (κ3) is 3.45. The third-order valence-corrected chi connectivity index (χ3v) is 3.44. The van der Waals surface area contributed by atoms with Gasteiger partial charge in [0.1, 0.15) is 11.4 Å². The first kappa shape index (κ1) is 16.4. The Labute approximate surface area is 118 Å². The average molecular weight is 281 g/mol. The molecule has 0 aliphatic rings. The highest BCUT2D eigenvalue weighted by molar-refractivity contribution is 5.95. The second-order valence-corrected chi connectivity index (χ2v) is 5.59. The SMILES string of the molecule is CCC(C)(CO)NC(=O)c1c(C)nc(C(C)C)[nH]c1=O. The molecule has 0 spiro atoms. The van der Waals surface area contributed by atoms with E-state index in [0.29, 0.717) is 17.9 Å². The van der Waals surface area contributed by atoms with Gasteiger partial charge in [0.05, 0.1) is 17.8 Å². The smallest absolute Gasteiger partial charge is 0.264 e. The molecule has 1 atom stereocenters. The van der Waals surface area contributed by atoms with Crippen LogP contribution in [0.2, 0.25) is 0 Å². The zero-order chi connectivity index (χ0) is 15.5. The summed E-state index contributed by atoms with van der Waals surface area (Å²) < 4.78 is 0. The molecule has 0 fully saturated rings. The molecule has 1 heterocycles. The Balaban J connectivity index is 3.15. The van der Waals surface area contributed by atoms with E-state index in [0.717, 1.165) is 0 Å². The molecule has 0 saturated heterocycles. The molecule has 1 amide bonds. The van der Waals surface area contributed by atoms with E-state index in [1.165, 1.54) is 0 Å². The van der Waals surface area contributed by atoms with Crippen LogP contribution in [0.3, 0.4) is 0 Å². The van der Waals surface area contributed by atoms with Crippen LogP contribution in [0.4, 0.5) is 0 Å². The Kier molecular flexibility index (Phi) is 5.05. The van der Waals surface area contributed by atoms with Gasteiger partial charge in [0.15, 0.2) is 0 Å². The van der Waals surface area contributed by atoms with E-state index < -0.39 is 17.0 Å². The van der Waals surface area contributed by atoms with Crippen molar-refractivity contribution in [1.29, 1.82) is 0 Å². The van der Waals surface area contributed by atoms with Crippen LogP contribution >= 0.6 is 0 Å². The van der Waals surface area contributed by atoms with Crippen LogP contribution in [0, 0.1) is 6.92 Å². The number of rotatable bonds is 5. The summed E-state index contributed by atoms with van der Waals surface area (Å²) in [5.41, 5.74) is -0.795. The van der Waals surface area contributed by atoms with Crippen molar-refractivity contribution in [2.24, 2.45) is 0 Å². The summed E-state index contributed by atoms with van der Waals surface area (Å²) in [6.07, 6.45) is 0.559. The number of hydrogen-bond acceptors (Lipinski definition) is 4. The van der Waals surface area contributed by atoms with Crippen LogP contribution in [0.1, 0.15) is 61.9 Å². The number of aliphatic hydroxyl groups is 1. The van der Waals surface area contributed by atoms with Gasteiger partial charge in [-0.15, -0.1) is 0 Å². The number of aliphatic hydroxyl groups excluding tert-OH is 1. The maximum Gasteiger partial charge on any atom is 0.264 e. The number of carbonyl (C=O) groups excluding carboxylic acids is 1. The van der Waals surface area contributed by atoms with Crippen molar-refractivity contribution in [2.45, 2.75) is 52.5 Å². The normalized spacial score (nSPS) is 14.2. The predicted molar refractivity (Wildman–Crippen MR) is 76.9 cm³/mol. The highest BCUT2D eigenvalue weighted by Gasteiger charge is 2.26. The summed E-state index contributed by atoms with van der Waals surface area (Å²) in [4.78, 5) is 31.2. The van der Waals surface area contributed by atoms with E-state index in [2.05, 4.69) is 15.3 Å². The maximum atomic E-state index is 12.2. The van der Waals surface area contributed by atoms with E-state index in [1.54, 1.807) is 13.8 Å². The molecule has 1 unspecified atom stereocenters. The fourth-order valence-electron chi connectivity index (χ4n) is 1.72. The molecular formula is C14H23N3O3. The minimum Gasteiger partial charge on any atom is -0.394 e. The van der Waals surface area contributed by atoms with E-state index in [4.69, 9.17) is 0 Å². The fraction of sp³-hybridized carbons (Fsp3) is 0.643. The van der Waals surface area contributed by atoms with E-state index >= 15 is 0 Å². The van der Waals surface area contributed by atoms with Gasteiger partial charge >= 0.3 is 0 Å². The first-order valence-electron chi connectivity index (χ1n) is 6.78. The summed E-state index contributed by atoms with van der Waals surface area (Å²) in [7, 11) is 0. The summed E-state index contributed by atoms with van der Waals surface area (Å²) in [5, 5.41) is 12.0. The molecular weight excluding hydrogens is 258 g/mol. The van der Waals surface area contributed by atoms with Gasteiger partial charge in [0.25, 0.3) is 11.5 Å². The first-order valence-corrected chi connectivity index (χ1v) is 6.78. The largest absolute Gasteiger partial charge is 0.394 e. The zero-order valence-electron chi connectivity index (χ0n) is 12.7. The number of aryl methyl sites for hydroxylation is 1. The quantitative estimate of drug-likeness (QED) is 0.753. The number of aromatic amines is 1. The Bertz CT molecular complexity index is 545. The number of aromatic nitrogens is 2. The number of hydrogen-bond donors (Lipinski definition) is 3. The van der Waals surface area contributed by atoms with E-state index in [-0.39, 0.29) is 18.1 Å². The highest BCUT2D eigenvalue weighted by Crippen LogP contribution is 2.11. The maximum absolute atomic E-state index is 12.2. The topological polar surface area (TPSA) is 95.1 Å². The van der Waals surface area contributed by atoms with Crippen LogP contribution in [-0.2, 0) is 0 Å². The standard InChI is InChI=1S/C14H23N3O3/c1-6-14(5,7-18)17-13(20)10-9(4)15-11(8(2)3)16-12(10)19/h8,18H,6-7H2,1-5H3,(H,17,20)(H,15,16,19). The van der Waals surface area contributed by atoms with Crippen LogP contribution in [0.5, 0.6) is 0 Å². The van der Waals surface area contributed by atoms with Gasteiger partial charge in [-0.2, -0.15) is 0 Å². The zero-order valence-corrected chi connectivity index (χ0v) is 12.7. The summed E-state index contributed by atoms with van der Waals surface area (Å²) >= 11 is 0. The summed E-state index contributed by atoms with van der Waals surface area (Å²) in [6.45, 7) is 8.86. The minimum atomic E-state index is -0.743. The van der Waals surface area contributed by atoms with E-state index in [9.17, 15) is 14.7 Å². The lowest BCUT2D eigenvalue weighted by molar-refractivity contribution is 0.0844. The molecule has 1 aromatic heterocycles. The molecule has 112 valence electrons. The Hall–Kier alpha value is -1.69. The third-order valence-electron chi connectivity index (χ3n) is 3.44. The summed E-state index contributed by atoms with van der Waals surface area (Å²) in [5.74, 6) is 0.131. The van der Waals surface area contributed by atoms with Gasteiger partial charge in [-0.25, -0.2) is 4.98 Å². The molecule has 1 aromatic rings. The number of nitrogens with one attached hydrogen (secondary N) is 2. The number of H-pyrrole nitrogens is 1. The Morgan fingerprint density at radius 2 is 2.10 bits per heavy atom. The van der Waals surface area contributed by atoms with Crippen LogP contribution in [0.25, 0.3) is 0 Å². The van der Waals surface area contributed by atoms with Gasteiger partial charge < -0.3 is 15.4 Å². The second kappa shape index (κ2) is 6.17. The molecule has 0 aliphatic carbocycles. The van der Waals surface area contributed by atoms with Crippen molar-refractivity contribution in [2.75, 3.05) is 6.61 Å². The van der Waals surface area contributed by atoms with Gasteiger partial charge in [-0.3, -0.25) is 9.59 Å². The minimum absolute atomic E-state index is 0.00234. The van der Waals surface area contributed by atoms with Gasteiger partial charge in [-0.05, 0) is 20.3 Å². The highest BCUT2D eigenvalue weighted by atomic mass is 16.3.